The van der Waals surface area contributed by atoms with Gasteiger partial charge in [0.2, 0.25) is 0 Å². The number of sulfonamides is 1. The Bertz CT molecular complexity index is 764. The lowest BCUT2D eigenvalue weighted by molar-refractivity contribution is 0.600. The number of anilines is 1. The molecule has 1 aromatic carbocycles. The van der Waals surface area contributed by atoms with Crippen LogP contribution < -0.4 is 4.72 Å². The van der Waals surface area contributed by atoms with E-state index < -0.39 is 10.0 Å². The first-order valence-corrected chi connectivity index (χ1v) is 10.3. The molecule has 112 valence electrons. The van der Waals surface area contributed by atoms with E-state index in [1.165, 1.54) is 16.2 Å². The smallest absolute Gasteiger partial charge is 0.255 e. The molecule has 1 N–H and O–H groups in total. The van der Waals surface area contributed by atoms with E-state index >= 15 is 0 Å². The Morgan fingerprint density at radius 2 is 1.95 bits per heavy atom. The molecule has 0 atom stereocenters. The molecule has 0 saturated carbocycles. The van der Waals surface area contributed by atoms with Crippen molar-refractivity contribution in [3.63, 3.8) is 0 Å². The maximum absolute atomic E-state index is 12.5. The van der Waals surface area contributed by atoms with Gasteiger partial charge in [-0.2, -0.15) is 0 Å². The van der Waals surface area contributed by atoms with Gasteiger partial charge in [-0.1, -0.05) is 15.9 Å². The van der Waals surface area contributed by atoms with Gasteiger partial charge in [0.25, 0.3) is 10.0 Å². The number of halogens is 2. The van der Waals surface area contributed by atoms with E-state index in [2.05, 4.69) is 41.6 Å². The highest BCUT2D eigenvalue weighted by atomic mass is 79.9. The molecule has 0 bridgehead atoms. The van der Waals surface area contributed by atoms with Crippen molar-refractivity contribution in [3.05, 3.63) is 37.7 Å². The maximum atomic E-state index is 12.5. The first kappa shape index (κ1) is 15.5. The summed E-state index contributed by atoms with van der Waals surface area (Å²) in [5, 5.41) is 0.455. The average molecular weight is 452 g/mol. The third kappa shape index (κ3) is 3.33. The third-order valence-corrected chi connectivity index (χ3v) is 7.26. The minimum atomic E-state index is -3.63. The lowest BCUT2D eigenvalue weighted by Crippen LogP contribution is -2.13. The number of fused-ring (bicyclic) bond motifs is 1. The second kappa shape index (κ2) is 5.98. The summed E-state index contributed by atoms with van der Waals surface area (Å²) >= 11 is 8.04. The van der Waals surface area contributed by atoms with Gasteiger partial charge in [0.15, 0.2) is 5.13 Å². The zero-order valence-electron chi connectivity index (χ0n) is 10.9. The van der Waals surface area contributed by atoms with E-state index in [9.17, 15) is 8.42 Å². The molecule has 0 fully saturated rings. The molecule has 4 nitrogen and oxygen atoms in total. The molecule has 2 aromatic rings. The Morgan fingerprint density at radius 1 is 1.19 bits per heavy atom. The van der Waals surface area contributed by atoms with E-state index in [4.69, 9.17) is 0 Å². The molecule has 1 heterocycles. The minimum absolute atomic E-state index is 0.207. The molecule has 1 aromatic heterocycles. The normalized spacial score (nSPS) is 14.8. The molecule has 0 aliphatic heterocycles. The van der Waals surface area contributed by atoms with Crippen LogP contribution in [0, 0.1) is 0 Å². The van der Waals surface area contributed by atoms with Gasteiger partial charge in [-0.05, 0) is 59.8 Å². The van der Waals surface area contributed by atoms with Crippen molar-refractivity contribution in [3.8, 4) is 0 Å². The fourth-order valence-electron chi connectivity index (χ4n) is 2.26. The van der Waals surface area contributed by atoms with Crippen LogP contribution in [0.2, 0.25) is 0 Å². The highest BCUT2D eigenvalue weighted by Gasteiger charge is 2.22. The van der Waals surface area contributed by atoms with Crippen molar-refractivity contribution in [1.29, 1.82) is 0 Å². The van der Waals surface area contributed by atoms with Crippen LogP contribution in [0.5, 0.6) is 0 Å². The predicted octanol–water partition coefficient (Wildman–Crippen LogP) is 4.35. The van der Waals surface area contributed by atoms with Crippen LogP contribution in [0.4, 0.5) is 5.13 Å². The first-order valence-electron chi connectivity index (χ1n) is 6.42. The number of aryl methyl sites for hydroxylation is 2. The van der Waals surface area contributed by atoms with Crippen LogP contribution in [0.1, 0.15) is 23.4 Å². The number of thiazole rings is 1. The van der Waals surface area contributed by atoms with E-state index in [0.717, 1.165) is 35.8 Å². The Balaban J connectivity index is 1.90. The van der Waals surface area contributed by atoms with Crippen LogP contribution in [-0.4, -0.2) is 13.4 Å². The molecule has 21 heavy (non-hydrogen) atoms. The fourth-order valence-corrected chi connectivity index (χ4v) is 6.29. The third-order valence-electron chi connectivity index (χ3n) is 3.25. The maximum Gasteiger partial charge on any atom is 0.264 e. The average Bonchev–Trinajstić information content (AvgIpc) is 2.79. The highest BCUT2D eigenvalue weighted by Crippen LogP contribution is 2.32. The first-order chi connectivity index (χ1) is 9.95. The number of nitrogens with one attached hydrogen (secondary N) is 1. The number of nitrogens with zero attached hydrogens (tertiary/aromatic N) is 1. The second-order valence-electron chi connectivity index (χ2n) is 4.78. The highest BCUT2D eigenvalue weighted by molar-refractivity contribution is 9.11. The van der Waals surface area contributed by atoms with Gasteiger partial charge in [0.1, 0.15) is 4.90 Å². The lowest BCUT2D eigenvalue weighted by Gasteiger charge is -2.07. The molecular formula is C13H12Br2N2O2S2. The van der Waals surface area contributed by atoms with Crippen molar-refractivity contribution in [2.75, 3.05) is 4.72 Å². The number of rotatable bonds is 3. The molecule has 0 saturated heterocycles. The zero-order valence-corrected chi connectivity index (χ0v) is 15.7. The van der Waals surface area contributed by atoms with E-state index in [0.29, 0.717) is 9.60 Å². The molecule has 0 unspecified atom stereocenters. The van der Waals surface area contributed by atoms with E-state index in [-0.39, 0.29) is 4.90 Å². The molecule has 8 heteroatoms. The molecular weight excluding hydrogens is 440 g/mol. The summed E-state index contributed by atoms with van der Waals surface area (Å²) in [6, 6.07) is 4.97. The number of benzene rings is 1. The fraction of sp³-hybridized carbons (Fsp3) is 0.308. The van der Waals surface area contributed by atoms with Crippen molar-refractivity contribution in [2.24, 2.45) is 0 Å². The van der Waals surface area contributed by atoms with Crippen molar-refractivity contribution >= 4 is 58.4 Å². The Morgan fingerprint density at radius 3 is 2.67 bits per heavy atom. The topological polar surface area (TPSA) is 59.1 Å². The standard InChI is InChI=1S/C13H12Br2N2O2S2/c14-8-5-6-12(9(15)7-8)21(18,19)17-13-16-10-3-1-2-4-11(10)20-13/h5-7H,1-4H2,(H,16,17). The number of hydrogen-bond acceptors (Lipinski definition) is 4. The minimum Gasteiger partial charge on any atom is -0.255 e. The van der Waals surface area contributed by atoms with Crippen LogP contribution in [0.25, 0.3) is 0 Å². The summed E-state index contributed by atoms with van der Waals surface area (Å²) in [4.78, 5) is 5.82. The van der Waals surface area contributed by atoms with Gasteiger partial charge < -0.3 is 0 Å². The van der Waals surface area contributed by atoms with Crippen LogP contribution in [0.3, 0.4) is 0 Å². The summed E-state index contributed by atoms with van der Waals surface area (Å²) in [6.07, 6.45) is 4.22. The summed E-state index contributed by atoms with van der Waals surface area (Å²) in [5.41, 5.74) is 1.04. The monoisotopic (exact) mass is 450 g/mol. The lowest BCUT2D eigenvalue weighted by atomic mass is 10.0. The van der Waals surface area contributed by atoms with Gasteiger partial charge in [0, 0.05) is 13.8 Å². The summed E-state index contributed by atoms with van der Waals surface area (Å²) < 4.78 is 28.8. The number of hydrogen-bond donors (Lipinski definition) is 1. The van der Waals surface area contributed by atoms with Crippen molar-refractivity contribution < 1.29 is 8.42 Å². The van der Waals surface area contributed by atoms with Crippen LogP contribution >= 0.6 is 43.2 Å². The zero-order chi connectivity index (χ0) is 15.0. The molecule has 0 radical (unpaired) electrons. The van der Waals surface area contributed by atoms with Gasteiger partial charge in [-0.25, -0.2) is 13.4 Å². The largest absolute Gasteiger partial charge is 0.264 e. The number of aromatic nitrogens is 1. The van der Waals surface area contributed by atoms with Gasteiger partial charge >= 0.3 is 0 Å². The molecule has 0 spiro atoms. The summed E-state index contributed by atoms with van der Waals surface area (Å²) in [5.74, 6) is 0. The van der Waals surface area contributed by atoms with Crippen molar-refractivity contribution in [2.45, 2.75) is 30.6 Å². The Hall–Kier alpha value is -0.440. The van der Waals surface area contributed by atoms with Gasteiger partial charge in [-0.3, -0.25) is 4.72 Å². The quantitative estimate of drug-likeness (QED) is 0.754. The molecule has 1 aliphatic rings. The van der Waals surface area contributed by atoms with Crippen LogP contribution in [-0.2, 0) is 22.9 Å². The summed E-state index contributed by atoms with van der Waals surface area (Å²) in [7, 11) is -3.63. The molecule has 1 aliphatic carbocycles. The SMILES string of the molecule is O=S(=O)(Nc1nc2c(s1)CCCC2)c1ccc(Br)cc1Br. The Labute approximate surface area is 144 Å². The van der Waals surface area contributed by atoms with E-state index in [1.807, 2.05) is 0 Å². The molecule has 0 amide bonds. The van der Waals surface area contributed by atoms with Gasteiger partial charge in [0.05, 0.1) is 5.69 Å². The van der Waals surface area contributed by atoms with E-state index in [1.54, 1.807) is 18.2 Å². The Kier molecular flexibility index (Phi) is 4.40. The summed E-state index contributed by atoms with van der Waals surface area (Å²) in [6.45, 7) is 0. The molecule has 3 rings (SSSR count). The van der Waals surface area contributed by atoms with Gasteiger partial charge in [-0.15, -0.1) is 11.3 Å². The predicted molar refractivity (Wildman–Crippen MR) is 91.4 cm³/mol. The van der Waals surface area contributed by atoms with Crippen LogP contribution in [0.15, 0.2) is 32.0 Å². The van der Waals surface area contributed by atoms with Crippen molar-refractivity contribution in [1.82, 2.24) is 4.98 Å². The second-order valence-corrected chi connectivity index (χ2v) is 9.28.